The third-order valence-corrected chi connectivity index (χ3v) is 3.39. The molecule has 1 aliphatic rings. The molecule has 1 heterocycles. The molecule has 0 bridgehead atoms. The SMILES string of the molecule is O=C(c1c(F)c(F)cc(F)c1F)N1CCCC(CO)C1. The Kier molecular flexibility index (Phi) is 4.27. The maximum absolute atomic E-state index is 13.5. The zero-order valence-electron chi connectivity index (χ0n) is 10.5. The Morgan fingerprint density at radius 1 is 1.25 bits per heavy atom. The number of piperidine rings is 1. The number of hydrogen-bond donors (Lipinski definition) is 1. The summed E-state index contributed by atoms with van der Waals surface area (Å²) < 4.78 is 53.3. The molecule has 1 fully saturated rings. The number of halogens is 4. The first-order valence-corrected chi connectivity index (χ1v) is 6.18. The number of nitrogens with zero attached hydrogens (tertiary/aromatic N) is 1. The van der Waals surface area contributed by atoms with Gasteiger partial charge in [-0.25, -0.2) is 17.6 Å². The Hall–Kier alpha value is -1.63. The summed E-state index contributed by atoms with van der Waals surface area (Å²) in [5.74, 6) is -7.90. The quantitative estimate of drug-likeness (QED) is 0.669. The Bertz CT molecular complexity index is 509. The van der Waals surface area contributed by atoms with Crippen LogP contribution in [0.1, 0.15) is 23.2 Å². The second-order valence-corrected chi connectivity index (χ2v) is 4.79. The van der Waals surface area contributed by atoms with E-state index in [9.17, 15) is 22.4 Å². The zero-order chi connectivity index (χ0) is 14.9. The normalized spacial score (nSPS) is 19.2. The molecule has 1 atom stereocenters. The van der Waals surface area contributed by atoms with Crippen LogP contribution < -0.4 is 0 Å². The monoisotopic (exact) mass is 291 g/mol. The number of carbonyl (C=O) groups excluding carboxylic acids is 1. The van der Waals surface area contributed by atoms with E-state index in [1.54, 1.807) is 0 Å². The van der Waals surface area contributed by atoms with Crippen molar-refractivity contribution in [3.05, 3.63) is 34.9 Å². The van der Waals surface area contributed by atoms with Crippen LogP contribution in [-0.2, 0) is 0 Å². The molecule has 0 radical (unpaired) electrons. The van der Waals surface area contributed by atoms with Crippen LogP contribution in [0.2, 0.25) is 0 Å². The Morgan fingerprint density at radius 2 is 1.85 bits per heavy atom. The highest BCUT2D eigenvalue weighted by Crippen LogP contribution is 2.24. The molecule has 0 saturated carbocycles. The topological polar surface area (TPSA) is 40.5 Å². The van der Waals surface area contributed by atoms with Gasteiger partial charge in [0.1, 0.15) is 5.56 Å². The molecule has 0 aliphatic carbocycles. The van der Waals surface area contributed by atoms with Gasteiger partial charge in [0.25, 0.3) is 5.91 Å². The van der Waals surface area contributed by atoms with Crippen molar-refractivity contribution in [3.63, 3.8) is 0 Å². The van der Waals surface area contributed by atoms with Crippen LogP contribution in [-0.4, -0.2) is 35.6 Å². The lowest BCUT2D eigenvalue weighted by Crippen LogP contribution is -2.41. The molecule has 110 valence electrons. The Morgan fingerprint density at radius 3 is 2.40 bits per heavy atom. The molecule has 0 spiro atoms. The van der Waals surface area contributed by atoms with Crippen LogP contribution in [0.3, 0.4) is 0 Å². The summed E-state index contributed by atoms with van der Waals surface area (Å²) in [6, 6.07) is 0.0637. The van der Waals surface area contributed by atoms with Gasteiger partial charge in [-0.05, 0) is 18.8 Å². The van der Waals surface area contributed by atoms with Gasteiger partial charge in [-0.3, -0.25) is 4.79 Å². The van der Waals surface area contributed by atoms with Gasteiger partial charge in [0.15, 0.2) is 23.3 Å². The summed E-state index contributed by atoms with van der Waals surface area (Å²) >= 11 is 0. The largest absolute Gasteiger partial charge is 0.396 e. The molecule has 0 aromatic heterocycles. The van der Waals surface area contributed by atoms with E-state index in [-0.39, 0.29) is 31.7 Å². The van der Waals surface area contributed by atoms with Crippen molar-refractivity contribution in [1.29, 1.82) is 0 Å². The number of benzene rings is 1. The first kappa shape index (κ1) is 14.8. The van der Waals surface area contributed by atoms with E-state index in [1.165, 1.54) is 0 Å². The minimum absolute atomic E-state index is 0.0637. The summed E-state index contributed by atoms with van der Waals surface area (Å²) in [6.45, 7) is 0.172. The number of aliphatic hydroxyl groups excluding tert-OH is 1. The second-order valence-electron chi connectivity index (χ2n) is 4.79. The van der Waals surface area contributed by atoms with Gasteiger partial charge in [-0.2, -0.15) is 0 Å². The predicted octanol–water partition coefficient (Wildman–Crippen LogP) is 2.09. The second kappa shape index (κ2) is 5.78. The number of likely N-dealkylation sites (tertiary alicyclic amines) is 1. The fourth-order valence-corrected chi connectivity index (χ4v) is 2.32. The van der Waals surface area contributed by atoms with Crippen molar-refractivity contribution in [2.75, 3.05) is 19.7 Å². The van der Waals surface area contributed by atoms with E-state index in [0.717, 1.165) is 4.90 Å². The highest BCUT2D eigenvalue weighted by atomic mass is 19.2. The van der Waals surface area contributed by atoms with Gasteiger partial charge in [-0.1, -0.05) is 0 Å². The molecule has 20 heavy (non-hydrogen) atoms. The maximum Gasteiger partial charge on any atom is 0.260 e. The number of aliphatic hydroxyl groups is 1. The predicted molar refractivity (Wildman–Crippen MR) is 62.0 cm³/mol. The van der Waals surface area contributed by atoms with Crippen molar-refractivity contribution < 1.29 is 27.5 Å². The number of rotatable bonds is 2. The van der Waals surface area contributed by atoms with Crippen LogP contribution in [0.5, 0.6) is 0 Å². The Labute approximate surface area is 112 Å². The van der Waals surface area contributed by atoms with E-state index in [1.807, 2.05) is 0 Å². The van der Waals surface area contributed by atoms with Crippen LogP contribution in [0.4, 0.5) is 17.6 Å². The van der Waals surface area contributed by atoms with Crippen molar-refractivity contribution in [1.82, 2.24) is 4.90 Å². The zero-order valence-corrected chi connectivity index (χ0v) is 10.5. The van der Waals surface area contributed by atoms with Gasteiger partial charge in [0.2, 0.25) is 0 Å². The Balaban J connectivity index is 2.34. The fourth-order valence-electron chi connectivity index (χ4n) is 2.32. The van der Waals surface area contributed by atoms with Gasteiger partial charge in [0, 0.05) is 25.8 Å². The molecule has 1 aromatic rings. The summed E-state index contributed by atoms with van der Waals surface area (Å²) in [5, 5.41) is 9.05. The number of amides is 1. The van der Waals surface area contributed by atoms with Gasteiger partial charge < -0.3 is 10.0 Å². The molecule has 7 heteroatoms. The molecule has 1 saturated heterocycles. The summed E-state index contributed by atoms with van der Waals surface area (Å²) in [6.07, 6.45) is 1.24. The molecule has 1 aromatic carbocycles. The molecule has 1 N–H and O–H groups in total. The highest BCUT2D eigenvalue weighted by Gasteiger charge is 2.31. The van der Waals surface area contributed by atoms with E-state index >= 15 is 0 Å². The van der Waals surface area contributed by atoms with Crippen molar-refractivity contribution in [3.8, 4) is 0 Å². The van der Waals surface area contributed by atoms with E-state index in [2.05, 4.69) is 0 Å². The average molecular weight is 291 g/mol. The third-order valence-electron chi connectivity index (χ3n) is 3.39. The average Bonchev–Trinajstić information content (AvgIpc) is 2.45. The summed E-state index contributed by atoms with van der Waals surface area (Å²) in [5.41, 5.74) is -1.22. The van der Waals surface area contributed by atoms with Crippen molar-refractivity contribution in [2.24, 2.45) is 5.92 Å². The lowest BCUT2D eigenvalue weighted by Gasteiger charge is -2.32. The number of hydrogen-bond acceptors (Lipinski definition) is 2. The van der Waals surface area contributed by atoms with Crippen LogP contribution in [0.25, 0.3) is 0 Å². The minimum Gasteiger partial charge on any atom is -0.396 e. The van der Waals surface area contributed by atoms with Gasteiger partial charge in [-0.15, -0.1) is 0 Å². The first-order valence-electron chi connectivity index (χ1n) is 6.18. The van der Waals surface area contributed by atoms with Gasteiger partial charge in [0.05, 0.1) is 0 Å². The lowest BCUT2D eigenvalue weighted by molar-refractivity contribution is 0.0609. The molecule has 1 aliphatic heterocycles. The summed E-state index contributed by atoms with van der Waals surface area (Å²) in [4.78, 5) is 13.1. The van der Waals surface area contributed by atoms with E-state index in [0.29, 0.717) is 12.8 Å². The van der Waals surface area contributed by atoms with Crippen LogP contribution in [0.15, 0.2) is 6.07 Å². The minimum atomic E-state index is -1.69. The van der Waals surface area contributed by atoms with Crippen molar-refractivity contribution >= 4 is 5.91 Å². The molecule has 2 rings (SSSR count). The van der Waals surface area contributed by atoms with Gasteiger partial charge >= 0.3 is 0 Å². The van der Waals surface area contributed by atoms with Crippen LogP contribution >= 0.6 is 0 Å². The lowest BCUT2D eigenvalue weighted by atomic mass is 9.98. The van der Waals surface area contributed by atoms with E-state index < -0.39 is 34.7 Å². The smallest absolute Gasteiger partial charge is 0.260 e. The van der Waals surface area contributed by atoms with Crippen molar-refractivity contribution in [2.45, 2.75) is 12.8 Å². The molecule has 1 amide bonds. The first-order chi connectivity index (χ1) is 9.45. The molecule has 1 unspecified atom stereocenters. The summed E-state index contributed by atoms with van der Waals surface area (Å²) in [7, 11) is 0. The molecular weight excluding hydrogens is 278 g/mol. The fraction of sp³-hybridized carbons (Fsp3) is 0.462. The third kappa shape index (κ3) is 2.63. The van der Waals surface area contributed by atoms with Crippen LogP contribution in [0, 0.1) is 29.2 Å². The maximum atomic E-state index is 13.5. The highest BCUT2D eigenvalue weighted by molar-refractivity contribution is 5.95. The standard InChI is InChI=1S/C13H13F4NO2/c14-8-4-9(15)12(17)10(11(8)16)13(20)18-3-1-2-7(5-18)6-19/h4,7,19H,1-3,5-6H2. The van der Waals surface area contributed by atoms with E-state index in [4.69, 9.17) is 5.11 Å². The number of carbonyl (C=O) groups is 1. The molecule has 3 nitrogen and oxygen atoms in total. The molecular formula is C13H13F4NO2.